The van der Waals surface area contributed by atoms with Crippen LogP contribution in [-0.2, 0) is 0 Å². The smallest absolute Gasteiger partial charge is 0.133 e. The van der Waals surface area contributed by atoms with Crippen LogP contribution in [-0.4, -0.2) is 75.7 Å². The third kappa shape index (κ3) is 4.78. The number of hydrogen-bond acceptors (Lipinski definition) is 6. The number of rotatable bonds is 5. The second kappa shape index (κ2) is 8.65. The maximum absolute atomic E-state index is 10.8. The van der Waals surface area contributed by atoms with E-state index in [2.05, 4.69) is 26.9 Å². The van der Waals surface area contributed by atoms with E-state index < -0.39 is 6.23 Å². The first-order valence-corrected chi connectivity index (χ1v) is 11.0. The first-order valence-electron chi connectivity index (χ1n) is 9.71. The average molecular weight is 434 g/mol. The van der Waals surface area contributed by atoms with Gasteiger partial charge in [0.2, 0.25) is 0 Å². The van der Waals surface area contributed by atoms with Crippen LogP contribution < -0.4 is 0 Å². The third-order valence-electron chi connectivity index (χ3n) is 5.51. The lowest BCUT2D eigenvalue weighted by atomic mass is 10.0. The lowest BCUT2D eigenvalue weighted by Gasteiger charge is -2.41. The van der Waals surface area contributed by atoms with Crippen LogP contribution in [0.25, 0.3) is 0 Å². The van der Waals surface area contributed by atoms with Crippen LogP contribution in [0.4, 0.5) is 0 Å². The maximum atomic E-state index is 10.8. The lowest BCUT2D eigenvalue weighted by Crippen LogP contribution is -2.52. The summed E-state index contributed by atoms with van der Waals surface area (Å²) < 4.78 is -0.180. The van der Waals surface area contributed by atoms with Gasteiger partial charge in [0.25, 0.3) is 0 Å². The van der Waals surface area contributed by atoms with E-state index in [1.165, 1.54) is 5.56 Å². The van der Waals surface area contributed by atoms with Crippen LogP contribution in [0.2, 0.25) is 5.02 Å². The van der Waals surface area contributed by atoms with Gasteiger partial charge in [-0.3, -0.25) is 9.80 Å². The predicted molar refractivity (Wildman–Crippen MR) is 115 cm³/mol. The van der Waals surface area contributed by atoms with Crippen molar-refractivity contribution in [3.05, 3.63) is 75.4 Å². The molecule has 3 unspecified atom stereocenters. The van der Waals surface area contributed by atoms with Crippen molar-refractivity contribution in [3.8, 4) is 0 Å². The van der Waals surface area contributed by atoms with Gasteiger partial charge in [0.15, 0.2) is 0 Å². The molecule has 0 saturated carbocycles. The monoisotopic (exact) mass is 433 g/mol. The van der Waals surface area contributed by atoms with Gasteiger partial charge >= 0.3 is 0 Å². The Morgan fingerprint density at radius 2 is 1.83 bits per heavy atom. The van der Waals surface area contributed by atoms with Crippen LogP contribution in [0.5, 0.6) is 0 Å². The fourth-order valence-corrected chi connectivity index (χ4v) is 4.76. The molecule has 6 nitrogen and oxygen atoms in total. The van der Waals surface area contributed by atoms with E-state index in [-0.39, 0.29) is 10.7 Å². The highest BCUT2D eigenvalue weighted by Crippen LogP contribution is 2.32. The molecule has 2 aliphatic rings. The molecule has 1 fully saturated rings. The molecule has 0 amide bonds. The quantitative estimate of drug-likeness (QED) is 0.709. The van der Waals surface area contributed by atoms with E-state index in [1.54, 1.807) is 24.6 Å². The van der Waals surface area contributed by atoms with Gasteiger partial charge < -0.3 is 5.11 Å². The maximum Gasteiger partial charge on any atom is 0.133 e. The molecular weight excluding hydrogens is 408 g/mol. The number of aliphatic hydroxyl groups excluding tert-OH is 1. The van der Waals surface area contributed by atoms with Crippen LogP contribution in [0.15, 0.2) is 59.8 Å². The van der Waals surface area contributed by atoms with Gasteiger partial charge in [-0.25, -0.2) is 10.2 Å². The summed E-state index contributed by atoms with van der Waals surface area (Å²) in [4.78, 5) is 9.07. The number of halogens is 1. The first-order chi connectivity index (χ1) is 13.9. The molecule has 0 bridgehead atoms. The van der Waals surface area contributed by atoms with Gasteiger partial charge in [-0.1, -0.05) is 23.7 Å². The largest absolute Gasteiger partial charge is 0.374 e. The van der Waals surface area contributed by atoms with Crippen molar-refractivity contribution in [1.29, 1.82) is 0 Å². The summed E-state index contributed by atoms with van der Waals surface area (Å²) in [5, 5.41) is 24.6. The van der Waals surface area contributed by atoms with Crippen molar-refractivity contribution < 1.29 is 15.0 Å². The van der Waals surface area contributed by atoms with E-state index in [0.717, 1.165) is 41.8 Å². The number of piperazine rings is 1. The summed E-state index contributed by atoms with van der Waals surface area (Å²) in [5.74, 6) is 0. The molecule has 1 saturated heterocycles. The molecule has 1 aromatic heterocycles. The molecule has 0 aliphatic carbocycles. The normalized spacial score (nSPS) is 25.6. The van der Waals surface area contributed by atoms with E-state index in [0.29, 0.717) is 6.54 Å². The minimum atomic E-state index is -0.650. The Hall–Kier alpha value is -1.58. The average Bonchev–Trinajstić information content (AvgIpc) is 3.24. The number of aliphatic hydroxyl groups is 1. The standard InChI is InChI=1S/C21H26ClN4O2S/c1-26(28)13-6-17(7-14-26)21(27)25-11-9-24(10-12-25)19(20-23-8-15-29-20)16-2-4-18(22)5-3-16/h2-8,13,15,19,21,27-28H,9-12,14H2,1H3/q+1. The Balaban J connectivity index is 1.45. The molecule has 0 spiro atoms. The lowest BCUT2D eigenvalue weighted by molar-refractivity contribution is -1.04. The van der Waals surface area contributed by atoms with Crippen LogP contribution in [0.1, 0.15) is 16.6 Å². The summed E-state index contributed by atoms with van der Waals surface area (Å²) in [7, 11) is 1.71. The van der Waals surface area contributed by atoms with Crippen LogP contribution >= 0.6 is 22.9 Å². The van der Waals surface area contributed by atoms with Gasteiger partial charge in [-0.15, -0.1) is 11.3 Å². The number of benzene rings is 1. The predicted octanol–water partition coefficient (Wildman–Crippen LogP) is 3.11. The zero-order valence-electron chi connectivity index (χ0n) is 16.4. The molecule has 2 N–H and O–H groups in total. The SMILES string of the molecule is C[N+]1(O)C=CC(C(O)N2CCN(C(c3ccc(Cl)cc3)c3nccs3)CC2)=CC1. The second-order valence-corrected chi connectivity index (χ2v) is 9.05. The topological polar surface area (TPSA) is 59.8 Å². The molecule has 8 heteroatoms. The summed E-state index contributed by atoms with van der Waals surface area (Å²) in [5.41, 5.74) is 2.02. The Bertz CT molecular complexity index is 875. The molecule has 2 aliphatic heterocycles. The molecular formula is C21H26ClN4O2S+. The molecule has 0 radical (unpaired) electrons. The number of aromatic nitrogens is 1. The zero-order chi connectivity index (χ0) is 20.4. The second-order valence-electron chi connectivity index (χ2n) is 7.69. The van der Waals surface area contributed by atoms with E-state index >= 15 is 0 Å². The fourth-order valence-electron chi connectivity index (χ4n) is 3.83. The molecule has 3 heterocycles. The zero-order valence-corrected chi connectivity index (χ0v) is 17.9. The number of nitrogens with zero attached hydrogens (tertiary/aromatic N) is 4. The van der Waals surface area contributed by atoms with Gasteiger partial charge in [0, 0.05) is 54.4 Å². The Morgan fingerprint density at radius 3 is 2.41 bits per heavy atom. The van der Waals surface area contributed by atoms with Gasteiger partial charge in [0.05, 0.1) is 6.04 Å². The molecule has 2 aromatic rings. The molecule has 1 aromatic carbocycles. The third-order valence-corrected chi connectivity index (χ3v) is 6.59. The van der Waals surface area contributed by atoms with E-state index in [1.807, 2.05) is 35.9 Å². The van der Waals surface area contributed by atoms with Crippen molar-refractivity contribution in [3.63, 3.8) is 0 Å². The summed E-state index contributed by atoms with van der Waals surface area (Å²) in [6.07, 6.45) is 6.62. The van der Waals surface area contributed by atoms with Crippen molar-refractivity contribution in [2.75, 3.05) is 39.8 Å². The first kappa shape index (κ1) is 20.7. The van der Waals surface area contributed by atoms with Crippen LogP contribution in [0.3, 0.4) is 0 Å². The van der Waals surface area contributed by atoms with E-state index in [9.17, 15) is 10.3 Å². The molecule has 154 valence electrons. The Morgan fingerprint density at radius 1 is 1.14 bits per heavy atom. The highest BCUT2D eigenvalue weighted by molar-refractivity contribution is 7.09. The minimum absolute atomic E-state index is 0.0905. The van der Waals surface area contributed by atoms with Crippen molar-refractivity contribution in [2.24, 2.45) is 0 Å². The Kier molecular flexibility index (Phi) is 6.17. The van der Waals surface area contributed by atoms with Crippen molar-refractivity contribution in [1.82, 2.24) is 14.8 Å². The minimum Gasteiger partial charge on any atom is -0.374 e. The summed E-state index contributed by atoms with van der Waals surface area (Å²) >= 11 is 7.74. The number of hydrogen-bond donors (Lipinski definition) is 2. The van der Waals surface area contributed by atoms with Gasteiger partial charge in [-0.05, 0) is 23.8 Å². The highest BCUT2D eigenvalue weighted by atomic mass is 35.5. The summed E-state index contributed by atoms with van der Waals surface area (Å²) in [6.45, 7) is 3.63. The summed E-state index contributed by atoms with van der Waals surface area (Å²) in [6, 6.07) is 8.07. The van der Waals surface area contributed by atoms with E-state index in [4.69, 9.17) is 11.6 Å². The molecule has 3 atom stereocenters. The number of hydroxylamine groups is 3. The molecule has 4 rings (SSSR count). The number of quaternary nitrogens is 1. The van der Waals surface area contributed by atoms with Crippen molar-refractivity contribution >= 4 is 22.9 Å². The molecule has 29 heavy (non-hydrogen) atoms. The number of likely N-dealkylation sites (N-methyl/N-ethyl adjacent to an activating group) is 1. The highest BCUT2D eigenvalue weighted by Gasteiger charge is 2.31. The number of thiazole rings is 1. The fraction of sp³-hybridized carbons (Fsp3) is 0.381. The van der Waals surface area contributed by atoms with Gasteiger partial charge in [0.1, 0.15) is 31.0 Å². The Labute approximate surface area is 180 Å². The van der Waals surface area contributed by atoms with Crippen molar-refractivity contribution in [2.45, 2.75) is 12.3 Å². The van der Waals surface area contributed by atoms with Gasteiger partial charge in [-0.2, -0.15) is 4.65 Å². The van der Waals surface area contributed by atoms with Crippen LogP contribution in [0, 0.1) is 0 Å².